The highest BCUT2D eigenvalue weighted by Gasteiger charge is 2.19. The van der Waals surface area contributed by atoms with Gasteiger partial charge in [0.2, 0.25) is 0 Å². The summed E-state index contributed by atoms with van der Waals surface area (Å²) in [5.74, 6) is 1.74. The molecule has 0 unspecified atom stereocenters. The molecule has 0 radical (unpaired) electrons. The molecule has 7 nitrogen and oxygen atoms in total. The van der Waals surface area contributed by atoms with Gasteiger partial charge in [0.1, 0.15) is 28.5 Å². The summed E-state index contributed by atoms with van der Waals surface area (Å²) < 4.78 is 5.68. The van der Waals surface area contributed by atoms with Crippen molar-refractivity contribution in [1.82, 2.24) is 25.1 Å². The number of nitrogens with one attached hydrogen (secondary N) is 1. The second-order valence-electron chi connectivity index (χ2n) is 8.58. The Morgan fingerprint density at radius 2 is 1.85 bits per heavy atom. The first-order chi connectivity index (χ1) is 16.1. The minimum absolute atomic E-state index is 0.728. The maximum Gasteiger partial charge on any atom is 0.147 e. The summed E-state index contributed by atoms with van der Waals surface area (Å²) in [7, 11) is 1.68. The van der Waals surface area contributed by atoms with E-state index in [-0.39, 0.29) is 0 Å². The molecular formula is C26H30N6O. The predicted molar refractivity (Wildman–Crippen MR) is 133 cm³/mol. The van der Waals surface area contributed by atoms with Gasteiger partial charge >= 0.3 is 0 Å². The molecule has 1 N–H and O–H groups in total. The van der Waals surface area contributed by atoms with E-state index < -0.39 is 0 Å². The van der Waals surface area contributed by atoms with Crippen molar-refractivity contribution in [1.29, 1.82) is 0 Å². The van der Waals surface area contributed by atoms with Crippen LogP contribution in [0.5, 0.6) is 5.75 Å². The van der Waals surface area contributed by atoms with E-state index in [2.05, 4.69) is 71.1 Å². The van der Waals surface area contributed by atoms with Crippen LogP contribution >= 0.6 is 0 Å². The Morgan fingerprint density at radius 3 is 2.55 bits per heavy atom. The number of pyridine rings is 2. The molecule has 0 spiro atoms. The quantitative estimate of drug-likeness (QED) is 0.492. The zero-order valence-electron chi connectivity index (χ0n) is 19.7. The van der Waals surface area contributed by atoms with E-state index in [9.17, 15) is 0 Å². The largest absolute Gasteiger partial charge is 0.494 e. The number of ether oxygens (including phenoxy) is 1. The highest BCUT2D eigenvalue weighted by atomic mass is 16.5. The average molecular weight is 443 g/mol. The number of H-pyrrole nitrogens is 1. The van der Waals surface area contributed by atoms with Crippen LogP contribution in [0.15, 0.2) is 42.6 Å². The topological polar surface area (TPSA) is 70.2 Å². The summed E-state index contributed by atoms with van der Waals surface area (Å²) in [6, 6.07) is 12.4. The number of aryl methyl sites for hydroxylation is 1. The number of hydrogen-bond donors (Lipinski definition) is 1. The van der Waals surface area contributed by atoms with E-state index in [0.717, 1.165) is 77.8 Å². The lowest BCUT2D eigenvalue weighted by atomic mass is 9.99. The minimum atomic E-state index is 0.728. The number of benzene rings is 1. The third-order valence-electron chi connectivity index (χ3n) is 6.74. The van der Waals surface area contributed by atoms with Gasteiger partial charge in [-0.05, 0) is 43.7 Å². The van der Waals surface area contributed by atoms with Crippen LogP contribution in [0.4, 0.5) is 5.82 Å². The number of rotatable bonds is 5. The standard InChI is InChI=1S/C26H30N6O/c1-5-31-11-13-32(14-12-31)23-10-9-19(16-27-23)24-26-21(29-30-24)15-22(33-4)25(28-26)20-8-6-7-17(2)18(20)3/h6-10,15-16H,5,11-14H2,1-4H3,(H,29,30). The second kappa shape index (κ2) is 8.83. The third kappa shape index (κ3) is 3.93. The van der Waals surface area contributed by atoms with Crippen molar-refractivity contribution in [2.24, 2.45) is 0 Å². The predicted octanol–water partition coefficient (Wildman–Crippen LogP) is 4.45. The second-order valence-corrected chi connectivity index (χ2v) is 8.58. The van der Waals surface area contributed by atoms with E-state index >= 15 is 0 Å². The number of aromatic nitrogens is 4. The van der Waals surface area contributed by atoms with Crippen LogP contribution in [-0.2, 0) is 0 Å². The Morgan fingerprint density at radius 1 is 1.03 bits per heavy atom. The number of aromatic amines is 1. The van der Waals surface area contributed by atoms with Crippen LogP contribution in [0, 0.1) is 13.8 Å². The van der Waals surface area contributed by atoms with Gasteiger partial charge in [0, 0.05) is 49.6 Å². The summed E-state index contributed by atoms with van der Waals surface area (Å²) in [5.41, 5.74) is 7.72. The van der Waals surface area contributed by atoms with Crippen molar-refractivity contribution >= 4 is 16.9 Å². The number of anilines is 1. The number of hydrogen-bond acceptors (Lipinski definition) is 6. The van der Waals surface area contributed by atoms with E-state index in [1.807, 2.05) is 12.3 Å². The van der Waals surface area contributed by atoms with E-state index in [1.165, 1.54) is 11.1 Å². The van der Waals surface area contributed by atoms with Gasteiger partial charge in [-0.15, -0.1) is 0 Å². The maximum absolute atomic E-state index is 5.68. The summed E-state index contributed by atoms with van der Waals surface area (Å²) in [5, 5.41) is 7.69. The molecule has 1 saturated heterocycles. The normalized spacial score (nSPS) is 14.7. The molecule has 3 aromatic heterocycles. The van der Waals surface area contributed by atoms with Gasteiger partial charge in [-0.3, -0.25) is 5.10 Å². The Hall–Kier alpha value is -3.45. The maximum atomic E-state index is 5.68. The van der Waals surface area contributed by atoms with Crippen molar-refractivity contribution in [2.45, 2.75) is 20.8 Å². The number of nitrogens with zero attached hydrogens (tertiary/aromatic N) is 5. The van der Waals surface area contributed by atoms with Gasteiger partial charge in [0.15, 0.2) is 0 Å². The van der Waals surface area contributed by atoms with Crippen LogP contribution in [0.2, 0.25) is 0 Å². The van der Waals surface area contributed by atoms with Crippen LogP contribution < -0.4 is 9.64 Å². The molecule has 1 aromatic carbocycles. The lowest BCUT2D eigenvalue weighted by molar-refractivity contribution is 0.270. The molecule has 33 heavy (non-hydrogen) atoms. The number of methoxy groups -OCH3 is 1. The molecule has 4 heterocycles. The molecule has 4 aromatic rings. The van der Waals surface area contributed by atoms with Gasteiger partial charge in [-0.2, -0.15) is 5.10 Å². The Labute approximate surface area is 194 Å². The van der Waals surface area contributed by atoms with Crippen LogP contribution in [0.3, 0.4) is 0 Å². The van der Waals surface area contributed by atoms with Crippen molar-refractivity contribution in [2.75, 3.05) is 44.7 Å². The van der Waals surface area contributed by atoms with Crippen molar-refractivity contribution in [3.8, 4) is 28.3 Å². The molecule has 0 saturated carbocycles. The molecule has 1 aliphatic rings. The van der Waals surface area contributed by atoms with Crippen LogP contribution in [0.25, 0.3) is 33.5 Å². The first kappa shape index (κ1) is 21.4. The Kier molecular flexibility index (Phi) is 5.72. The molecule has 0 atom stereocenters. The summed E-state index contributed by atoms with van der Waals surface area (Å²) >= 11 is 0. The fourth-order valence-corrected chi connectivity index (χ4v) is 4.49. The highest BCUT2D eigenvalue weighted by Crippen LogP contribution is 2.36. The fourth-order valence-electron chi connectivity index (χ4n) is 4.49. The SMILES string of the molecule is CCN1CCN(c2ccc(-c3n[nH]c4cc(OC)c(-c5cccc(C)c5C)nc34)cn2)CC1. The van der Waals surface area contributed by atoms with E-state index in [1.54, 1.807) is 7.11 Å². The number of piperazine rings is 1. The minimum Gasteiger partial charge on any atom is -0.494 e. The summed E-state index contributed by atoms with van der Waals surface area (Å²) in [6.45, 7) is 11.7. The fraction of sp³-hybridized carbons (Fsp3) is 0.346. The van der Waals surface area contributed by atoms with Gasteiger partial charge in [-0.1, -0.05) is 25.1 Å². The zero-order valence-corrected chi connectivity index (χ0v) is 19.7. The molecule has 0 amide bonds. The lowest BCUT2D eigenvalue weighted by Gasteiger charge is -2.34. The van der Waals surface area contributed by atoms with Crippen molar-refractivity contribution in [3.63, 3.8) is 0 Å². The molecule has 0 bridgehead atoms. The zero-order chi connectivity index (χ0) is 22.9. The number of likely N-dealkylation sites (N-methyl/N-ethyl adjacent to an activating group) is 1. The third-order valence-corrected chi connectivity index (χ3v) is 6.74. The van der Waals surface area contributed by atoms with Crippen molar-refractivity contribution in [3.05, 3.63) is 53.7 Å². The van der Waals surface area contributed by atoms with Crippen LogP contribution in [0.1, 0.15) is 18.1 Å². The van der Waals surface area contributed by atoms with E-state index in [0.29, 0.717) is 0 Å². The molecular weight excluding hydrogens is 412 g/mol. The average Bonchev–Trinajstić information content (AvgIpc) is 3.28. The monoisotopic (exact) mass is 442 g/mol. The van der Waals surface area contributed by atoms with Crippen molar-refractivity contribution < 1.29 is 4.74 Å². The van der Waals surface area contributed by atoms with Gasteiger partial charge < -0.3 is 14.5 Å². The Bertz CT molecular complexity index is 1270. The van der Waals surface area contributed by atoms with Crippen LogP contribution in [-0.4, -0.2) is 64.9 Å². The molecule has 7 heteroatoms. The van der Waals surface area contributed by atoms with Gasteiger partial charge in [-0.25, -0.2) is 9.97 Å². The highest BCUT2D eigenvalue weighted by molar-refractivity contribution is 5.93. The Balaban J connectivity index is 1.51. The van der Waals surface area contributed by atoms with Gasteiger partial charge in [0.25, 0.3) is 0 Å². The first-order valence-corrected chi connectivity index (χ1v) is 11.5. The molecule has 0 aliphatic carbocycles. The lowest BCUT2D eigenvalue weighted by Crippen LogP contribution is -2.46. The summed E-state index contributed by atoms with van der Waals surface area (Å²) in [6.07, 6.45) is 1.90. The molecule has 170 valence electrons. The molecule has 5 rings (SSSR count). The molecule has 1 aliphatic heterocycles. The smallest absolute Gasteiger partial charge is 0.147 e. The van der Waals surface area contributed by atoms with Gasteiger partial charge in [0.05, 0.1) is 12.6 Å². The number of fused-ring (bicyclic) bond motifs is 1. The summed E-state index contributed by atoms with van der Waals surface area (Å²) in [4.78, 5) is 14.6. The molecule has 1 fully saturated rings. The first-order valence-electron chi connectivity index (χ1n) is 11.5. The van der Waals surface area contributed by atoms with E-state index in [4.69, 9.17) is 14.7 Å².